The van der Waals surface area contributed by atoms with Crippen LogP contribution in [0.4, 0.5) is 5.69 Å². The molecule has 0 fully saturated rings. The van der Waals surface area contributed by atoms with Gasteiger partial charge in [-0.1, -0.05) is 37.3 Å². The van der Waals surface area contributed by atoms with Crippen LogP contribution in [0.5, 0.6) is 17.2 Å². The lowest BCUT2D eigenvalue weighted by molar-refractivity contribution is -0.139. The van der Waals surface area contributed by atoms with Gasteiger partial charge in [0.1, 0.15) is 18.3 Å². The van der Waals surface area contributed by atoms with Gasteiger partial charge in [0.25, 0.3) is 10.0 Å². The largest absolute Gasteiger partial charge is 0.494 e. The molecule has 2 amide bonds. The molecule has 3 aromatic rings. The fourth-order valence-electron chi connectivity index (χ4n) is 4.34. The Labute approximate surface area is 254 Å². The van der Waals surface area contributed by atoms with Crippen LogP contribution in [0, 0.1) is 0 Å². The molecule has 2 atom stereocenters. The highest BCUT2D eigenvalue weighted by atomic mass is 32.2. The Hall–Kier alpha value is -4.25. The first kappa shape index (κ1) is 33.3. The summed E-state index contributed by atoms with van der Waals surface area (Å²) in [5.74, 6) is 0.271. The zero-order valence-corrected chi connectivity index (χ0v) is 26.4. The number of nitrogens with zero attached hydrogens (tertiary/aromatic N) is 2. The standard InChI is InChI=1S/C32H41N3O7S/c1-7-23(3)33-32(37)24(4)34(21-25-12-10-9-11-13-25)31(36)22-35(26-14-16-27(17-15-26)42-8-2)43(38,39)28-18-19-29(40-5)30(20-28)41-6/h9-20,23-24H,7-8,21-22H2,1-6H3,(H,33,37)/t23-,24+/m0/s1. The lowest BCUT2D eigenvalue weighted by atomic mass is 10.1. The summed E-state index contributed by atoms with van der Waals surface area (Å²) in [5.41, 5.74) is 1.05. The molecule has 3 rings (SSSR count). The zero-order valence-electron chi connectivity index (χ0n) is 25.6. The second-order valence-electron chi connectivity index (χ2n) is 9.96. The van der Waals surface area contributed by atoms with Crippen molar-refractivity contribution in [3.63, 3.8) is 0 Å². The van der Waals surface area contributed by atoms with Crippen molar-refractivity contribution in [3.05, 3.63) is 78.4 Å². The van der Waals surface area contributed by atoms with Crippen molar-refractivity contribution in [1.29, 1.82) is 0 Å². The van der Waals surface area contributed by atoms with E-state index in [4.69, 9.17) is 14.2 Å². The summed E-state index contributed by atoms with van der Waals surface area (Å²) in [6.07, 6.45) is 0.722. The summed E-state index contributed by atoms with van der Waals surface area (Å²) in [6, 6.07) is 19.0. The molecule has 43 heavy (non-hydrogen) atoms. The van der Waals surface area contributed by atoms with Crippen LogP contribution in [0.2, 0.25) is 0 Å². The molecule has 1 N–H and O–H groups in total. The van der Waals surface area contributed by atoms with Gasteiger partial charge >= 0.3 is 0 Å². The number of ether oxygens (including phenoxy) is 3. The molecule has 0 aliphatic carbocycles. The maximum Gasteiger partial charge on any atom is 0.264 e. The maximum atomic E-state index is 14.2. The maximum absolute atomic E-state index is 14.2. The summed E-state index contributed by atoms with van der Waals surface area (Å²) in [4.78, 5) is 28.6. The number of nitrogens with one attached hydrogen (secondary N) is 1. The van der Waals surface area contributed by atoms with Crippen LogP contribution in [0.3, 0.4) is 0 Å². The molecular weight excluding hydrogens is 570 g/mol. The van der Waals surface area contributed by atoms with Crippen LogP contribution in [-0.4, -0.2) is 64.6 Å². The SMILES string of the molecule is CCOc1ccc(N(CC(=O)N(Cc2ccccc2)[C@H](C)C(=O)N[C@@H](C)CC)S(=O)(=O)c2ccc(OC)c(OC)c2)cc1. The van der Waals surface area contributed by atoms with E-state index < -0.39 is 28.5 Å². The summed E-state index contributed by atoms with van der Waals surface area (Å²) >= 11 is 0. The van der Waals surface area contributed by atoms with Gasteiger partial charge in [0, 0.05) is 18.7 Å². The molecule has 11 heteroatoms. The number of rotatable bonds is 15. The van der Waals surface area contributed by atoms with E-state index in [2.05, 4.69) is 5.32 Å². The van der Waals surface area contributed by atoms with Crippen molar-refractivity contribution in [2.24, 2.45) is 0 Å². The summed E-state index contributed by atoms with van der Waals surface area (Å²) in [6.45, 7) is 7.33. The third-order valence-electron chi connectivity index (χ3n) is 7.02. The van der Waals surface area contributed by atoms with Gasteiger partial charge < -0.3 is 24.4 Å². The van der Waals surface area contributed by atoms with Crippen molar-refractivity contribution in [1.82, 2.24) is 10.2 Å². The lowest BCUT2D eigenvalue weighted by Crippen LogP contribution is -2.52. The predicted molar refractivity (Wildman–Crippen MR) is 166 cm³/mol. The van der Waals surface area contributed by atoms with E-state index >= 15 is 0 Å². The Morgan fingerprint density at radius 1 is 0.884 bits per heavy atom. The van der Waals surface area contributed by atoms with Gasteiger partial charge in [-0.2, -0.15) is 0 Å². The molecule has 0 saturated heterocycles. The second kappa shape index (κ2) is 15.3. The van der Waals surface area contributed by atoms with Gasteiger partial charge in [0.15, 0.2) is 11.5 Å². The van der Waals surface area contributed by atoms with E-state index in [-0.39, 0.29) is 34.8 Å². The Morgan fingerprint density at radius 2 is 1.53 bits per heavy atom. The molecule has 0 bridgehead atoms. The van der Waals surface area contributed by atoms with Gasteiger partial charge in [0.2, 0.25) is 11.8 Å². The van der Waals surface area contributed by atoms with Gasteiger partial charge in [0.05, 0.1) is 31.4 Å². The highest BCUT2D eigenvalue weighted by molar-refractivity contribution is 7.92. The van der Waals surface area contributed by atoms with Crippen LogP contribution in [0.25, 0.3) is 0 Å². The minimum Gasteiger partial charge on any atom is -0.494 e. The first-order valence-corrected chi connectivity index (χ1v) is 15.6. The Kier molecular flexibility index (Phi) is 11.8. The van der Waals surface area contributed by atoms with Gasteiger partial charge in [-0.15, -0.1) is 0 Å². The van der Waals surface area contributed by atoms with Gasteiger partial charge in [-0.3, -0.25) is 13.9 Å². The number of carbonyl (C=O) groups excluding carboxylic acids is 2. The van der Waals surface area contributed by atoms with Crippen LogP contribution < -0.4 is 23.8 Å². The van der Waals surface area contributed by atoms with Crippen molar-refractivity contribution in [2.75, 3.05) is 31.7 Å². The summed E-state index contributed by atoms with van der Waals surface area (Å²) in [5, 5.41) is 2.93. The fraction of sp³-hybridized carbons (Fsp3) is 0.375. The van der Waals surface area contributed by atoms with Crippen molar-refractivity contribution in [3.8, 4) is 17.2 Å². The van der Waals surface area contributed by atoms with Crippen LogP contribution in [0.1, 0.15) is 39.7 Å². The highest BCUT2D eigenvalue weighted by Crippen LogP contribution is 2.33. The molecule has 0 spiro atoms. The van der Waals surface area contributed by atoms with Crippen LogP contribution >= 0.6 is 0 Å². The molecule has 0 saturated carbocycles. The number of carbonyl (C=O) groups is 2. The third-order valence-corrected chi connectivity index (χ3v) is 8.79. The predicted octanol–water partition coefficient (Wildman–Crippen LogP) is 4.63. The Balaban J connectivity index is 2.06. The average molecular weight is 612 g/mol. The highest BCUT2D eigenvalue weighted by Gasteiger charge is 2.33. The summed E-state index contributed by atoms with van der Waals surface area (Å²) in [7, 11) is -1.43. The van der Waals surface area contributed by atoms with Gasteiger partial charge in [-0.05, 0) is 69.2 Å². The minimum absolute atomic E-state index is 0.0885. The normalized spacial score (nSPS) is 12.5. The topological polar surface area (TPSA) is 114 Å². The first-order chi connectivity index (χ1) is 20.5. The molecule has 0 radical (unpaired) electrons. The van der Waals surface area contributed by atoms with E-state index in [0.29, 0.717) is 18.1 Å². The quantitative estimate of drug-likeness (QED) is 0.267. The number of hydrogen-bond donors (Lipinski definition) is 1. The van der Waals surface area contributed by atoms with E-state index in [9.17, 15) is 18.0 Å². The molecule has 0 aliphatic heterocycles. The van der Waals surface area contributed by atoms with E-state index in [1.165, 1.54) is 37.3 Å². The van der Waals surface area contributed by atoms with Crippen LogP contribution in [-0.2, 0) is 26.2 Å². The molecule has 3 aromatic carbocycles. The number of anilines is 1. The van der Waals surface area contributed by atoms with E-state index in [1.54, 1.807) is 31.2 Å². The number of amides is 2. The molecule has 10 nitrogen and oxygen atoms in total. The number of methoxy groups -OCH3 is 2. The second-order valence-corrected chi connectivity index (χ2v) is 11.8. The molecule has 0 unspecified atom stereocenters. The molecule has 0 aliphatic rings. The monoisotopic (exact) mass is 611 g/mol. The number of sulfonamides is 1. The lowest BCUT2D eigenvalue weighted by Gasteiger charge is -2.32. The smallest absolute Gasteiger partial charge is 0.264 e. The third kappa shape index (κ3) is 8.41. The zero-order chi connectivity index (χ0) is 31.6. The number of benzene rings is 3. The molecule has 0 aromatic heterocycles. The van der Waals surface area contributed by atoms with Crippen molar-refractivity contribution < 1.29 is 32.2 Å². The van der Waals surface area contributed by atoms with E-state index in [0.717, 1.165) is 16.3 Å². The van der Waals surface area contributed by atoms with Crippen LogP contribution in [0.15, 0.2) is 77.7 Å². The summed E-state index contributed by atoms with van der Waals surface area (Å²) < 4.78 is 45.5. The first-order valence-electron chi connectivity index (χ1n) is 14.2. The molecule has 232 valence electrons. The van der Waals surface area contributed by atoms with Gasteiger partial charge in [-0.25, -0.2) is 8.42 Å². The molecule has 0 heterocycles. The molecular formula is C32H41N3O7S. The van der Waals surface area contributed by atoms with Crippen molar-refractivity contribution >= 4 is 27.5 Å². The minimum atomic E-state index is -4.30. The Bertz CT molecular complexity index is 1460. The Morgan fingerprint density at radius 3 is 2.12 bits per heavy atom. The fourth-order valence-corrected chi connectivity index (χ4v) is 5.77. The van der Waals surface area contributed by atoms with Crippen molar-refractivity contribution in [2.45, 2.75) is 57.6 Å². The van der Waals surface area contributed by atoms with E-state index in [1.807, 2.05) is 51.1 Å². The number of hydrogen-bond acceptors (Lipinski definition) is 7. The average Bonchev–Trinajstić information content (AvgIpc) is 3.02.